The summed E-state index contributed by atoms with van der Waals surface area (Å²) in [7, 11) is 0. The summed E-state index contributed by atoms with van der Waals surface area (Å²) >= 11 is 0. The zero-order valence-corrected chi connectivity index (χ0v) is 15.1. The third-order valence-corrected chi connectivity index (χ3v) is 4.47. The number of para-hydroxylation sites is 1. The van der Waals surface area contributed by atoms with Crippen LogP contribution in [0.1, 0.15) is 36.6 Å². The Labute approximate surface area is 153 Å². The van der Waals surface area contributed by atoms with Gasteiger partial charge in [-0.1, -0.05) is 18.2 Å². The van der Waals surface area contributed by atoms with Crippen LogP contribution in [0.15, 0.2) is 43.0 Å². The molecule has 6 N–H and O–H groups in total. The first-order valence-corrected chi connectivity index (χ1v) is 8.44. The van der Waals surface area contributed by atoms with E-state index in [2.05, 4.69) is 11.6 Å². The lowest BCUT2D eigenvalue weighted by Crippen LogP contribution is -2.51. The van der Waals surface area contributed by atoms with E-state index in [0.29, 0.717) is 23.6 Å². The van der Waals surface area contributed by atoms with E-state index in [9.17, 15) is 9.90 Å². The van der Waals surface area contributed by atoms with Gasteiger partial charge in [-0.2, -0.15) is 0 Å². The van der Waals surface area contributed by atoms with Crippen molar-refractivity contribution in [2.45, 2.75) is 25.8 Å². The molecule has 2 atom stereocenters. The highest BCUT2D eigenvalue weighted by Gasteiger charge is 2.36. The van der Waals surface area contributed by atoms with Crippen molar-refractivity contribution in [1.82, 2.24) is 9.88 Å². The number of allylic oxidation sites excluding steroid dienone is 1. The Morgan fingerprint density at radius 1 is 1.42 bits per heavy atom. The molecule has 1 aromatic heterocycles. The highest BCUT2D eigenvalue weighted by Crippen LogP contribution is 2.34. The topological polar surface area (TPSA) is 108 Å². The van der Waals surface area contributed by atoms with Crippen molar-refractivity contribution in [2.24, 2.45) is 5.73 Å². The number of H-pyrrole nitrogens is 1. The standard InChI is InChI=1S/C17H20N4O2.C3H6/c1-10-13(8-21(10)9-22)15-7-11(17(19)20-15)6-14(18)12-4-2-3-5-16(12)23;1-3-2/h2-7,9-10,13,20,23H,8,18-19H2,1H3;3H,1H2,2H3/b14-6-;. The Balaban J connectivity index is 0.000000758. The molecule has 1 aromatic carbocycles. The minimum absolute atomic E-state index is 0.129. The van der Waals surface area contributed by atoms with Crippen LogP contribution in [0.3, 0.4) is 0 Å². The Hall–Kier alpha value is -3.15. The monoisotopic (exact) mass is 354 g/mol. The number of hydrogen-bond donors (Lipinski definition) is 4. The Bertz CT molecular complexity index is 810. The molecule has 1 amide bonds. The molecule has 1 fully saturated rings. The summed E-state index contributed by atoms with van der Waals surface area (Å²) in [5.41, 5.74) is 14.9. The quantitative estimate of drug-likeness (QED) is 0.500. The summed E-state index contributed by atoms with van der Waals surface area (Å²) < 4.78 is 0. The van der Waals surface area contributed by atoms with Gasteiger partial charge in [-0.05, 0) is 38.1 Å². The van der Waals surface area contributed by atoms with Gasteiger partial charge >= 0.3 is 0 Å². The van der Waals surface area contributed by atoms with Gasteiger partial charge in [-0.25, -0.2) is 0 Å². The summed E-state index contributed by atoms with van der Waals surface area (Å²) in [6.07, 6.45) is 4.36. The lowest BCUT2D eigenvalue weighted by molar-refractivity contribution is -0.125. The predicted octanol–water partition coefficient (Wildman–Crippen LogP) is 2.90. The van der Waals surface area contributed by atoms with Gasteiger partial charge in [0.25, 0.3) is 0 Å². The van der Waals surface area contributed by atoms with Crippen molar-refractivity contribution in [3.05, 3.63) is 59.8 Å². The molecule has 2 unspecified atom stereocenters. The van der Waals surface area contributed by atoms with Crippen LogP contribution in [0, 0.1) is 0 Å². The zero-order valence-electron chi connectivity index (χ0n) is 15.1. The molecule has 0 spiro atoms. The number of hydrogen-bond acceptors (Lipinski definition) is 4. The molecular formula is C20H26N4O2. The first-order chi connectivity index (χ1) is 12.4. The SMILES string of the molecule is C=CC.CC1C(c2cc(/C=C(\N)c3ccccc3O)c(N)[nH]2)CN1C=O. The van der Waals surface area contributed by atoms with Gasteiger partial charge in [0.2, 0.25) is 6.41 Å². The van der Waals surface area contributed by atoms with Crippen molar-refractivity contribution >= 4 is 24.0 Å². The first-order valence-electron chi connectivity index (χ1n) is 8.44. The fourth-order valence-corrected chi connectivity index (χ4v) is 2.93. The number of likely N-dealkylation sites (tertiary alicyclic amines) is 1. The minimum Gasteiger partial charge on any atom is -0.507 e. The molecule has 2 aromatic rings. The third-order valence-electron chi connectivity index (χ3n) is 4.47. The molecule has 0 saturated carbocycles. The molecule has 1 aliphatic heterocycles. The third kappa shape index (κ3) is 3.91. The van der Waals surface area contributed by atoms with E-state index in [4.69, 9.17) is 11.5 Å². The predicted molar refractivity (Wildman–Crippen MR) is 106 cm³/mol. The number of aromatic amines is 1. The summed E-state index contributed by atoms with van der Waals surface area (Å²) in [6.45, 7) is 7.94. The van der Waals surface area contributed by atoms with Crippen LogP contribution in [0.25, 0.3) is 11.8 Å². The molecule has 6 nitrogen and oxygen atoms in total. The molecule has 0 bridgehead atoms. The molecule has 3 rings (SSSR count). The van der Waals surface area contributed by atoms with Crippen LogP contribution >= 0.6 is 0 Å². The molecule has 26 heavy (non-hydrogen) atoms. The van der Waals surface area contributed by atoms with E-state index >= 15 is 0 Å². The maximum atomic E-state index is 10.8. The van der Waals surface area contributed by atoms with Crippen LogP contribution in [0.5, 0.6) is 5.75 Å². The Kier molecular flexibility index (Phi) is 6.11. The van der Waals surface area contributed by atoms with Crippen LogP contribution in [0.2, 0.25) is 0 Å². The largest absolute Gasteiger partial charge is 0.507 e. The van der Waals surface area contributed by atoms with Crippen molar-refractivity contribution < 1.29 is 9.90 Å². The summed E-state index contributed by atoms with van der Waals surface area (Å²) in [6, 6.07) is 8.99. The van der Waals surface area contributed by atoms with Crippen LogP contribution in [0.4, 0.5) is 5.82 Å². The van der Waals surface area contributed by atoms with Gasteiger partial charge in [0.15, 0.2) is 0 Å². The van der Waals surface area contributed by atoms with Crippen molar-refractivity contribution in [1.29, 1.82) is 0 Å². The summed E-state index contributed by atoms with van der Waals surface area (Å²) in [5.74, 6) is 0.899. The highest BCUT2D eigenvalue weighted by atomic mass is 16.3. The normalized spacial score (nSPS) is 19.2. The fraction of sp³-hybridized carbons (Fsp3) is 0.250. The molecule has 1 saturated heterocycles. The van der Waals surface area contributed by atoms with E-state index in [-0.39, 0.29) is 17.7 Å². The van der Waals surface area contributed by atoms with Gasteiger partial charge in [-0.3, -0.25) is 4.79 Å². The van der Waals surface area contributed by atoms with Crippen molar-refractivity contribution in [3.63, 3.8) is 0 Å². The van der Waals surface area contributed by atoms with E-state index in [1.807, 2.05) is 26.0 Å². The van der Waals surface area contributed by atoms with Crippen molar-refractivity contribution in [2.75, 3.05) is 12.3 Å². The molecular weight excluding hydrogens is 328 g/mol. The number of nitrogens with zero attached hydrogens (tertiary/aromatic N) is 1. The average molecular weight is 354 g/mol. The number of nitrogens with two attached hydrogens (primary N) is 2. The number of carbonyl (C=O) groups excluding carboxylic acids is 1. The number of aromatic hydroxyl groups is 1. The Morgan fingerprint density at radius 2 is 2.08 bits per heavy atom. The molecule has 6 heteroatoms. The van der Waals surface area contributed by atoms with Gasteiger partial charge in [-0.15, -0.1) is 6.58 Å². The Morgan fingerprint density at radius 3 is 2.65 bits per heavy atom. The van der Waals surface area contributed by atoms with Crippen LogP contribution in [-0.2, 0) is 4.79 Å². The fourth-order valence-electron chi connectivity index (χ4n) is 2.93. The first kappa shape index (κ1) is 19.2. The summed E-state index contributed by atoms with van der Waals surface area (Å²) in [5, 5.41) is 9.86. The molecule has 0 aliphatic carbocycles. The van der Waals surface area contributed by atoms with Gasteiger partial charge in [0.1, 0.15) is 11.6 Å². The maximum Gasteiger partial charge on any atom is 0.209 e. The number of nitrogen functional groups attached to an aromatic ring is 1. The lowest BCUT2D eigenvalue weighted by atomic mass is 9.87. The number of rotatable bonds is 4. The molecule has 0 radical (unpaired) electrons. The van der Waals surface area contributed by atoms with Crippen LogP contribution < -0.4 is 11.5 Å². The molecule has 1 aliphatic rings. The second-order valence-electron chi connectivity index (χ2n) is 6.27. The van der Waals surface area contributed by atoms with Gasteiger partial charge < -0.3 is 26.5 Å². The number of anilines is 1. The van der Waals surface area contributed by atoms with E-state index < -0.39 is 0 Å². The van der Waals surface area contributed by atoms with E-state index in [1.165, 1.54) is 0 Å². The smallest absolute Gasteiger partial charge is 0.209 e. The van der Waals surface area contributed by atoms with Crippen LogP contribution in [-0.4, -0.2) is 34.0 Å². The zero-order chi connectivity index (χ0) is 19.3. The van der Waals surface area contributed by atoms with E-state index in [0.717, 1.165) is 17.7 Å². The number of amides is 1. The minimum atomic E-state index is 0.129. The number of aromatic nitrogens is 1. The van der Waals surface area contributed by atoms with Gasteiger partial charge in [0, 0.05) is 41.0 Å². The van der Waals surface area contributed by atoms with Crippen molar-refractivity contribution in [3.8, 4) is 5.75 Å². The van der Waals surface area contributed by atoms with Gasteiger partial charge in [0.05, 0.1) is 0 Å². The number of nitrogens with one attached hydrogen (secondary N) is 1. The number of benzene rings is 1. The molecule has 2 heterocycles. The second kappa shape index (κ2) is 8.29. The lowest BCUT2D eigenvalue weighted by Gasteiger charge is -2.43. The second-order valence-corrected chi connectivity index (χ2v) is 6.27. The highest BCUT2D eigenvalue weighted by molar-refractivity contribution is 5.84. The number of phenols is 1. The number of carbonyl (C=O) groups is 1. The average Bonchev–Trinajstić information content (AvgIpc) is 2.95. The molecule has 138 valence electrons. The summed E-state index contributed by atoms with van der Waals surface area (Å²) in [4.78, 5) is 15.7. The maximum absolute atomic E-state index is 10.8. The number of phenolic OH excluding ortho intramolecular Hbond substituents is 1. The van der Waals surface area contributed by atoms with E-state index in [1.54, 1.807) is 35.3 Å².